The number of carbonyl (C=O) groups excluding carboxylic acids is 1. The number of carbonyl (C=O) groups is 1. The Balaban J connectivity index is 1.81. The lowest BCUT2D eigenvalue weighted by atomic mass is 10.1. The van der Waals surface area contributed by atoms with Crippen LogP contribution in [0.2, 0.25) is 0 Å². The van der Waals surface area contributed by atoms with Crippen molar-refractivity contribution in [3.8, 4) is 0 Å². The third-order valence-corrected chi connectivity index (χ3v) is 4.66. The highest BCUT2D eigenvalue weighted by Gasteiger charge is 2.17. The number of aryl methyl sites for hydroxylation is 1. The second-order valence-electron chi connectivity index (χ2n) is 6.55. The first-order chi connectivity index (χ1) is 12.6. The topological polar surface area (TPSA) is 76.3 Å². The molecule has 0 radical (unpaired) electrons. The van der Waals surface area contributed by atoms with E-state index >= 15 is 0 Å². The first-order valence-electron chi connectivity index (χ1n) is 9.14. The van der Waals surface area contributed by atoms with Gasteiger partial charge >= 0.3 is 0 Å². The molecule has 1 aliphatic rings. The number of hydrogen-bond acceptors (Lipinski definition) is 4. The number of hydrogen-bond donors (Lipinski definition) is 1. The highest BCUT2D eigenvalue weighted by atomic mass is 16.2. The lowest BCUT2D eigenvalue weighted by molar-refractivity contribution is 0.0949. The van der Waals surface area contributed by atoms with Crippen LogP contribution in [0.3, 0.4) is 0 Å². The zero-order valence-electron chi connectivity index (χ0n) is 15.3. The Morgan fingerprint density at radius 2 is 2.04 bits per heavy atom. The molecule has 6 heteroatoms. The molecule has 26 heavy (non-hydrogen) atoms. The van der Waals surface area contributed by atoms with E-state index in [2.05, 4.69) is 28.6 Å². The van der Waals surface area contributed by atoms with Crippen molar-refractivity contribution in [2.75, 3.05) is 0 Å². The Bertz CT molecular complexity index is 940. The van der Waals surface area contributed by atoms with E-state index in [0.29, 0.717) is 10.8 Å². The van der Waals surface area contributed by atoms with Gasteiger partial charge in [-0.1, -0.05) is 44.0 Å². The van der Waals surface area contributed by atoms with Crippen molar-refractivity contribution in [3.63, 3.8) is 0 Å². The lowest BCUT2D eigenvalue weighted by Gasteiger charge is -2.08. The summed E-state index contributed by atoms with van der Waals surface area (Å²) < 4.78 is 1.19. The van der Waals surface area contributed by atoms with Crippen molar-refractivity contribution in [1.82, 2.24) is 15.2 Å². The van der Waals surface area contributed by atoms with E-state index in [1.165, 1.54) is 23.1 Å². The smallest absolute Gasteiger partial charge is 0.267 e. The molecule has 136 valence electrons. The summed E-state index contributed by atoms with van der Waals surface area (Å²) in [7, 11) is 1.54. The van der Waals surface area contributed by atoms with Gasteiger partial charge in [-0.3, -0.25) is 9.59 Å². The molecule has 1 aromatic carbocycles. The van der Waals surface area contributed by atoms with Gasteiger partial charge < -0.3 is 0 Å². The van der Waals surface area contributed by atoms with Crippen LogP contribution in [0.5, 0.6) is 0 Å². The fourth-order valence-electron chi connectivity index (χ4n) is 3.24. The standard InChI is InChI=1S/C20H24N4O2/c1-3-4-5-9-14-10-8-13-17(14)21-22-19(25)18-15-11-6-7-12-16(15)20(26)24(2)23-18/h6-7,10-12H,3-5,8-9,13H2,1-2H3,(H,22,25)/b21-17-. The van der Waals surface area contributed by atoms with Gasteiger partial charge in [0.1, 0.15) is 0 Å². The molecule has 0 saturated heterocycles. The van der Waals surface area contributed by atoms with E-state index in [9.17, 15) is 9.59 Å². The predicted molar refractivity (Wildman–Crippen MR) is 103 cm³/mol. The van der Waals surface area contributed by atoms with Crippen LogP contribution in [0, 0.1) is 0 Å². The number of aromatic nitrogens is 2. The summed E-state index contributed by atoms with van der Waals surface area (Å²) in [4.78, 5) is 24.8. The summed E-state index contributed by atoms with van der Waals surface area (Å²) in [6.07, 6.45) is 8.56. The Labute approximate surface area is 152 Å². The predicted octanol–water partition coefficient (Wildman–Crippen LogP) is 3.32. The number of allylic oxidation sites excluding steroid dienone is 2. The summed E-state index contributed by atoms with van der Waals surface area (Å²) in [6, 6.07) is 7.00. The second-order valence-corrected chi connectivity index (χ2v) is 6.55. The molecule has 1 aromatic heterocycles. The van der Waals surface area contributed by atoms with E-state index in [1.807, 2.05) is 0 Å². The van der Waals surface area contributed by atoms with E-state index in [-0.39, 0.29) is 11.3 Å². The van der Waals surface area contributed by atoms with E-state index in [0.717, 1.165) is 31.4 Å². The van der Waals surface area contributed by atoms with Gasteiger partial charge in [-0.15, -0.1) is 0 Å². The average molecular weight is 352 g/mol. The quantitative estimate of drug-likeness (QED) is 0.640. The molecule has 1 N–H and O–H groups in total. The first-order valence-corrected chi connectivity index (χ1v) is 9.14. The lowest BCUT2D eigenvalue weighted by Crippen LogP contribution is -2.27. The third-order valence-electron chi connectivity index (χ3n) is 4.66. The molecule has 0 unspecified atom stereocenters. The Kier molecular flexibility index (Phi) is 5.61. The van der Waals surface area contributed by atoms with Crippen LogP contribution < -0.4 is 11.0 Å². The van der Waals surface area contributed by atoms with Crippen LogP contribution >= 0.6 is 0 Å². The number of fused-ring (bicyclic) bond motifs is 1. The average Bonchev–Trinajstić information content (AvgIpc) is 3.10. The van der Waals surface area contributed by atoms with E-state index in [1.54, 1.807) is 31.3 Å². The molecule has 0 saturated carbocycles. The summed E-state index contributed by atoms with van der Waals surface area (Å²) in [5.41, 5.74) is 4.80. The molecule has 0 atom stereocenters. The van der Waals surface area contributed by atoms with Crippen molar-refractivity contribution >= 4 is 22.4 Å². The van der Waals surface area contributed by atoms with Crippen molar-refractivity contribution in [3.05, 3.63) is 52.0 Å². The molecule has 1 heterocycles. The molecule has 0 fully saturated rings. The zero-order valence-corrected chi connectivity index (χ0v) is 15.3. The molecular formula is C20H24N4O2. The van der Waals surface area contributed by atoms with Crippen LogP contribution in [-0.2, 0) is 7.05 Å². The number of unbranched alkanes of at least 4 members (excludes halogenated alkanes) is 2. The van der Waals surface area contributed by atoms with Crippen molar-refractivity contribution < 1.29 is 4.79 Å². The summed E-state index contributed by atoms with van der Waals surface area (Å²) in [5.74, 6) is -0.399. The minimum absolute atomic E-state index is 0.210. The minimum Gasteiger partial charge on any atom is -0.267 e. The monoisotopic (exact) mass is 352 g/mol. The van der Waals surface area contributed by atoms with Crippen LogP contribution in [0.1, 0.15) is 55.9 Å². The second kappa shape index (κ2) is 8.08. The number of nitrogens with one attached hydrogen (secondary N) is 1. The zero-order chi connectivity index (χ0) is 18.5. The number of nitrogens with zero attached hydrogens (tertiary/aromatic N) is 3. The van der Waals surface area contributed by atoms with Gasteiger partial charge in [0.25, 0.3) is 11.5 Å². The maximum Gasteiger partial charge on any atom is 0.292 e. The summed E-state index contributed by atoms with van der Waals surface area (Å²) in [5, 5.41) is 9.49. The molecular weight excluding hydrogens is 328 g/mol. The van der Waals surface area contributed by atoms with Crippen LogP contribution in [-0.4, -0.2) is 21.4 Å². The molecule has 0 aliphatic heterocycles. The molecule has 1 aliphatic carbocycles. The van der Waals surface area contributed by atoms with Gasteiger partial charge in [0.05, 0.1) is 11.1 Å². The molecule has 0 bridgehead atoms. The summed E-state index contributed by atoms with van der Waals surface area (Å²) in [6.45, 7) is 2.18. The largest absolute Gasteiger partial charge is 0.292 e. The Morgan fingerprint density at radius 1 is 1.27 bits per heavy atom. The van der Waals surface area contributed by atoms with Gasteiger partial charge in [0.2, 0.25) is 0 Å². The maximum atomic E-state index is 12.6. The normalized spacial score (nSPS) is 15.5. The Morgan fingerprint density at radius 3 is 2.81 bits per heavy atom. The van der Waals surface area contributed by atoms with Crippen LogP contribution in [0.15, 0.2) is 45.8 Å². The molecule has 1 amide bonds. The Hall–Kier alpha value is -2.76. The van der Waals surface area contributed by atoms with E-state index in [4.69, 9.17) is 0 Å². The van der Waals surface area contributed by atoms with Crippen molar-refractivity contribution in [2.24, 2.45) is 12.1 Å². The minimum atomic E-state index is -0.399. The fourth-order valence-corrected chi connectivity index (χ4v) is 3.24. The fraction of sp³-hybridized carbons (Fsp3) is 0.400. The number of hydrazone groups is 1. The highest BCUT2D eigenvalue weighted by molar-refractivity contribution is 6.06. The number of rotatable bonds is 6. The first kappa shape index (κ1) is 18.0. The number of amides is 1. The van der Waals surface area contributed by atoms with Gasteiger partial charge in [-0.25, -0.2) is 10.1 Å². The molecule has 2 aromatic rings. The third kappa shape index (κ3) is 3.74. The highest BCUT2D eigenvalue weighted by Crippen LogP contribution is 2.21. The van der Waals surface area contributed by atoms with Gasteiger partial charge in [-0.2, -0.15) is 10.2 Å². The SMILES string of the molecule is CCCCCC1=CCC/C1=N/NC(=O)c1nn(C)c(=O)c2ccccc12. The van der Waals surface area contributed by atoms with Gasteiger partial charge in [-0.05, 0) is 37.3 Å². The van der Waals surface area contributed by atoms with Gasteiger partial charge in [0.15, 0.2) is 5.69 Å². The van der Waals surface area contributed by atoms with Crippen molar-refractivity contribution in [2.45, 2.75) is 45.4 Å². The van der Waals surface area contributed by atoms with E-state index < -0.39 is 5.91 Å². The maximum absolute atomic E-state index is 12.6. The molecule has 3 rings (SSSR count). The molecule has 6 nitrogen and oxygen atoms in total. The number of benzene rings is 1. The van der Waals surface area contributed by atoms with Gasteiger partial charge in [0, 0.05) is 12.4 Å². The summed E-state index contributed by atoms with van der Waals surface area (Å²) >= 11 is 0. The van der Waals surface area contributed by atoms with Crippen LogP contribution in [0.25, 0.3) is 10.8 Å². The molecule has 0 spiro atoms. The van der Waals surface area contributed by atoms with Crippen LogP contribution in [0.4, 0.5) is 0 Å². The van der Waals surface area contributed by atoms with Crippen molar-refractivity contribution in [1.29, 1.82) is 0 Å².